The molecule has 0 unspecified atom stereocenters. The molecule has 0 aromatic heterocycles. The second-order valence-corrected chi connectivity index (χ2v) is 3.28. The second kappa shape index (κ2) is 4.18. The third-order valence-corrected chi connectivity index (χ3v) is 0. The zero-order valence-corrected chi connectivity index (χ0v) is 6.30. The van der Waals surface area contributed by atoms with Crippen molar-refractivity contribution in [2.45, 2.75) is 27.7 Å². The van der Waals surface area contributed by atoms with Crippen LogP contribution >= 0.6 is 0 Å². The van der Waals surface area contributed by atoms with Crippen molar-refractivity contribution in [1.82, 2.24) is 0 Å². The summed E-state index contributed by atoms with van der Waals surface area (Å²) in [7, 11) is 0. The Morgan fingerprint density at radius 1 is 1.11 bits per heavy atom. The molecule has 0 atom stereocenters. The molecule has 0 fully saturated rings. The van der Waals surface area contributed by atoms with E-state index in [0.717, 1.165) is 0 Å². The van der Waals surface area contributed by atoms with Gasteiger partial charge in [0.25, 0.3) is 0 Å². The van der Waals surface area contributed by atoms with Gasteiger partial charge in [0.05, 0.1) is 0 Å². The Bertz CT molecular complexity index is 70.8. The van der Waals surface area contributed by atoms with Crippen molar-refractivity contribution in [1.29, 1.82) is 0 Å². The van der Waals surface area contributed by atoms with E-state index in [0.29, 0.717) is 5.41 Å². The number of hydrogen-bond donors (Lipinski definition) is 2. The minimum Gasteiger partial charge on any atom is -0.450 e. The topological polar surface area (TPSA) is 57.5 Å². The quantitative estimate of drug-likeness (QED) is 0.534. The van der Waals surface area contributed by atoms with E-state index in [1.54, 1.807) is 0 Å². The molecule has 0 bridgehead atoms. The van der Waals surface area contributed by atoms with Crippen LogP contribution in [0, 0.1) is 5.41 Å². The van der Waals surface area contributed by atoms with Gasteiger partial charge in [0, 0.05) is 0 Å². The smallest absolute Gasteiger partial charge is 0.450 e. The normalized spacial score (nSPS) is 9.33. The van der Waals surface area contributed by atoms with Gasteiger partial charge in [-0.3, -0.25) is 0 Å². The van der Waals surface area contributed by atoms with Crippen LogP contribution in [-0.4, -0.2) is 16.4 Å². The fraction of sp³-hybridized carbons (Fsp3) is 0.833. The zero-order valence-electron chi connectivity index (χ0n) is 6.30. The fourth-order valence-electron chi connectivity index (χ4n) is 0. The van der Waals surface area contributed by atoms with Crippen molar-refractivity contribution in [2.24, 2.45) is 5.41 Å². The Balaban J connectivity index is 0. The minimum absolute atomic E-state index is 0.500. The third-order valence-electron chi connectivity index (χ3n) is 0. The molecular weight excluding hydrogens is 120 g/mol. The van der Waals surface area contributed by atoms with Crippen LogP contribution in [-0.2, 0) is 0 Å². The van der Waals surface area contributed by atoms with E-state index < -0.39 is 6.16 Å². The molecule has 9 heavy (non-hydrogen) atoms. The highest BCUT2D eigenvalue weighted by Crippen LogP contribution is 2.07. The summed E-state index contributed by atoms with van der Waals surface area (Å²) in [5.41, 5.74) is 0.500. The lowest BCUT2D eigenvalue weighted by molar-refractivity contribution is 0.137. The molecule has 2 N–H and O–H groups in total. The van der Waals surface area contributed by atoms with Crippen molar-refractivity contribution in [3.05, 3.63) is 0 Å². The van der Waals surface area contributed by atoms with Gasteiger partial charge in [-0.25, -0.2) is 4.79 Å². The van der Waals surface area contributed by atoms with Crippen molar-refractivity contribution in [2.75, 3.05) is 0 Å². The molecule has 0 heterocycles. The first-order chi connectivity index (χ1) is 3.73. The monoisotopic (exact) mass is 134 g/mol. The van der Waals surface area contributed by atoms with Crippen LogP contribution in [0.4, 0.5) is 4.79 Å². The van der Waals surface area contributed by atoms with Crippen LogP contribution in [0.1, 0.15) is 27.7 Å². The molecule has 0 aromatic carbocycles. The molecule has 3 nitrogen and oxygen atoms in total. The van der Waals surface area contributed by atoms with E-state index in [1.807, 2.05) is 0 Å². The van der Waals surface area contributed by atoms with Gasteiger partial charge in [0.1, 0.15) is 0 Å². The Morgan fingerprint density at radius 3 is 1.11 bits per heavy atom. The van der Waals surface area contributed by atoms with E-state index in [-0.39, 0.29) is 0 Å². The molecule has 0 rings (SSSR count). The predicted octanol–water partition coefficient (Wildman–Crippen LogP) is 2.27. The molecule has 3 heteroatoms. The summed E-state index contributed by atoms with van der Waals surface area (Å²) in [6.45, 7) is 8.75. The molecule has 0 saturated carbocycles. The van der Waals surface area contributed by atoms with E-state index in [2.05, 4.69) is 27.7 Å². The molecule has 0 aliphatic heterocycles. The highest BCUT2D eigenvalue weighted by Gasteiger charge is 1.95. The first kappa shape index (κ1) is 11.1. The maximum atomic E-state index is 8.56. The maximum absolute atomic E-state index is 8.56. The van der Waals surface area contributed by atoms with Crippen LogP contribution in [0.25, 0.3) is 0 Å². The van der Waals surface area contributed by atoms with E-state index in [1.165, 1.54) is 0 Å². The van der Waals surface area contributed by atoms with Crippen molar-refractivity contribution >= 4 is 6.16 Å². The molecule has 0 aliphatic rings. The molecular formula is C6H14O3. The number of carbonyl (C=O) groups is 1. The Kier molecular flexibility index (Phi) is 5.16. The van der Waals surface area contributed by atoms with Gasteiger partial charge in [0.15, 0.2) is 0 Å². The lowest BCUT2D eigenvalue weighted by Gasteiger charge is -2.05. The van der Waals surface area contributed by atoms with E-state index in [9.17, 15) is 0 Å². The van der Waals surface area contributed by atoms with Crippen molar-refractivity contribution in [3.8, 4) is 0 Å². The standard InChI is InChI=1S/C5H12.CH2O3/c1-5(2,3)4;2-1(3)4/h1-4H3;(H2,2,3,4). The highest BCUT2D eigenvalue weighted by atomic mass is 16.6. The van der Waals surface area contributed by atoms with Crippen LogP contribution in [0.5, 0.6) is 0 Å². The van der Waals surface area contributed by atoms with E-state index >= 15 is 0 Å². The Hall–Kier alpha value is -0.730. The van der Waals surface area contributed by atoms with Crippen LogP contribution < -0.4 is 0 Å². The Labute approximate surface area is 55.3 Å². The average molecular weight is 134 g/mol. The summed E-state index contributed by atoms with van der Waals surface area (Å²) in [5.74, 6) is 0. The van der Waals surface area contributed by atoms with E-state index in [4.69, 9.17) is 15.0 Å². The molecule has 0 saturated heterocycles. The molecule has 0 radical (unpaired) electrons. The van der Waals surface area contributed by atoms with Gasteiger partial charge in [-0.1, -0.05) is 27.7 Å². The summed E-state index contributed by atoms with van der Waals surface area (Å²) < 4.78 is 0. The lowest BCUT2D eigenvalue weighted by atomic mass is 10.0. The fourth-order valence-corrected chi connectivity index (χ4v) is 0. The summed E-state index contributed by atoms with van der Waals surface area (Å²) >= 11 is 0. The number of rotatable bonds is 0. The second-order valence-electron chi connectivity index (χ2n) is 3.28. The van der Waals surface area contributed by atoms with Gasteiger partial charge in [-0.15, -0.1) is 0 Å². The maximum Gasteiger partial charge on any atom is 0.503 e. The van der Waals surface area contributed by atoms with Gasteiger partial charge in [0.2, 0.25) is 0 Å². The zero-order chi connectivity index (χ0) is 8.08. The number of hydrogen-bond acceptors (Lipinski definition) is 1. The van der Waals surface area contributed by atoms with Gasteiger partial charge in [-0.05, 0) is 5.41 Å². The first-order valence-corrected chi connectivity index (χ1v) is 2.65. The average Bonchev–Trinajstić information content (AvgIpc) is 1.19. The van der Waals surface area contributed by atoms with Crippen molar-refractivity contribution < 1.29 is 15.0 Å². The summed E-state index contributed by atoms with van der Waals surface area (Å²) in [5, 5.41) is 13.9. The summed E-state index contributed by atoms with van der Waals surface area (Å²) in [4.78, 5) is 8.56. The van der Waals surface area contributed by atoms with Gasteiger partial charge in [-0.2, -0.15) is 0 Å². The molecule has 0 aliphatic carbocycles. The first-order valence-electron chi connectivity index (χ1n) is 2.65. The molecule has 0 aromatic rings. The number of carboxylic acid groups (broad SMARTS) is 2. The summed E-state index contributed by atoms with van der Waals surface area (Å²) in [6, 6.07) is 0. The molecule has 56 valence electrons. The molecule has 0 amide bonds. The third kappa shape index (κ3) is 379. The van der Waals surface area contributed by atoms with Gasteiger partial charge < -0.3 is 10.2 Å². The minimum atomic E-state index is -1.83. The lowest BCUT2D eigenvalue weighted by Crippen LogP contribution is -1.93. The van der Waals surface area contributed by atoms with Gasteiger partial charge >= 0.3 is 6.16 Å². The van der Waals surface area contributed by atoms with Crippen LogP contribution in [0.2, 0.25) is 0 Å². The molecule has 0 spiro atoms. The largest absolute Gasteiger partial charge is 0.503 e. The SMILES string of the molecule is CC(C)(C)C.O=C(O)O. The Morgan fingerprint density at radius 2 is 1.11 bits per heavy atom. The van der Waals surface area contributed by atoms with Crippen LogP contribution in [0.15, 0.2) is 0 Å². The highest BCUT2D eigenvalue weighted by molar-refractivity contribution is 5.53. The van der Waals surface area contributed by atoms with Crippen LogP contribution in [0.3, 0.4) is 0 Å². The predicted molar refractivity (Wildman–Crippen MR) is 35.8 cm³/mol. The summed E-state index contributed by atoms with van der Waals surface area (Å²) in [6.07, 6.45) is -1.83. The van der Waals surface area contributed by atoms with Crippen molar-refractivity contribution in [3.63, 3.8) is 0 Å².